The average molecular weight is 517 g/mol. The number of hydrogen-bond donors (Lipinski definition) is 1. The number of fused-ring (bicyclic) bond motifs is 2. The molecule has 3 aromatic rings. The molecule has 6 rings (SSSR count). The first kappa shape index (κ1) is 24.9. The highest BCUT2D eigenvalue weighted by Gasteiger charge is 2.37. The smallest absolute Gasteiger partial charge is 0.254 e. The van der Waals surface area contributed by atoms with Crippen molar-refractivity contribution in [2.45, 2.75) is 45.1 Å². The highest BCUT2D eigenvalue weighted by molar-refractivity contribution is 5.96. The van der Waals surface area contributed by atoms with Crippen LogP contribution in [0.25, 0.3) is 10.8 Å². The second-order valence-corrected chi connectivity index (χ2v) is 11.1. The summed E-state index contributed by atoms with van der Waals surface area (Å²) >= 11 is 0. The quantitative estimate of drug-likeness (QED) is 0.484. The van der Waals surface area contributed by atoms with Crippen LogP contribution < -0.4 is 19.5 Å². The predicted molar refractivity (Wildman–Crippen MR) is 146 cm³/mol. The van der Waals surface area contributed by atoms with Gasteiger partial charge in [-0.05, 0) is 48.9 Å². The number of hydrogen-bond acceptors (Lipinski definition) is 7. The number of nitrogens with one attached hydrogen (secondary N) is 1. The molecule has 0 aliphatic carbocycles. The number of nitrogens with zero attached hydrogens (tertiary/aromatic N) is 3. The third-order valence-electron chi connectivity index (χ3n) is 7.81. The molecule has 0 radical (unpaired) electrons. The van der Waals surface area contributed by atoms with E-state index in [9.17, 15) is 4.79 Å². The Balaban J connectivity index is 1.30. The van der Waals surface area contributed by atoms with Gasteiger partial charge in [-0.1, -0.05) is 24.3 Å². The summed E-state index contributed by atoms with van der Waals surface area (Å²) in [6, 6.07) is 14.1. The summed E-state index contributed by atoms with van der Waals surface area (Å²) in [7, 11) is 1.58. The summed E-state index contributed by atoms with van der Waals surface area (Å²) in [5.41, 5.74) is 1.40. The van der Waals surface area contributed by atoms with Crippen molar-refractivity contribution in [1.82, 2.24) is 20.1 Å². The lowest BCUT2D eigenvalue weighted by atomic mass is 10.0. The van der Waals surface area contributed by atoms with Gasteiger partial charge >= 0.3 is 0 Å². The summed E-state index contributed by atoms with van der Waals surface area (Å²) in [6.07, 6.45) is 4.15. The van der Waals surface area contributed by atoms with Crippen molar-refractivity contribution in [3.05, 3.63) is 59.9 Å². The Morgan fingerprint density at radius 3 is 2.76 bits per heavy atom. The van der Waals surface area contributed by atoms with Crippen LogP contribution in [0.4, 0.5) is 0 Å². The standard InChI is InChI=1S/C30H36N4O4/c1-30(2)37-27-13-23(12-26(36-3)28(27)38-30)29(35)34(18-24-11-21-7-4-5-8-22(21)16-32-24)19-25-9-6-10-33(25)17-20-14-31-15-20/h4-5,7-8,11-13,16,20,25,31H,6,9-10,14-15,17-19H2,1-3H3/t25-/m0/s1. The number of aromatic nitrogens is 1. The lowest BCUT2D eigenvalue weighted by Gasteiger charge is -2.36. The zero-order valence-electron chi connectivity index (χ0n) is 22.4. The fourth-order valence-electron chi connectivity index (χ4n) is 5.78. The Labute approximate surface area is 223 Å². The molecule has 3 aliphatic heterocycles. The largest absolute Gasteiger partial charge is 0.493 e. The molecule has 1 aromatic heterocycles. The maximum absolute atomic E-state index is 14.1. The molecular weight excluding hydrogens is 480 g/mol. The molecule has 0 bridgehead atoms. The van der Waals surface area contributed by atoms with E-state index in [1.165, 1.54) is 0 Å². The topological polar surface area (TPSA) is 76.2 Å². The third-order valence-corrected chi connectivity index (χ3v) is 7.81. The van der Waals surface area contributed by atoms with E-state index in [0.29, 0.717) is 47.9 Å². The fraction of sp³-hybridized carbons (Fsp3) is 0.467. The molecule has 1 N–H and O–H groups in total. The van der Waals surface area contributed by atoms with Crippen molar-refractivity contribution in [1.29, 1.82) is 0 Å². The first-order valence-electron chi connectivity index (χ1n) is 13.6. The minimum atomic E-state index is -0.813. The van der Waals surface area contributed by atoms with Crippen LogP contribution in [-0.2, 0) is 6.54 Å². The van der Waals surface area contributed by atoms with Crippen LogP contribution in [-0.4, -0.2) is 72.4 Å². The van der Waals surface area contributed by atoms with Gasteiger partial charge in [-0.15, -0.1) is 0 Å². The molecule has 8 nitrogen and oxygen atoms in total. The number of amides is 1. The Hall–Kier alpha value is -3.36. The number of ether oxygens (including phenoxy) is 3. The molecule has 1 atom stereocenters. The number of pyridine rings is 1. The van der Waals surface area contributed by atoms with Crippen LogP contribution in [0.2, 0.25) is 0 Å². The van der Waals surface area contributed by atoms with Gasteiger partial charge in [0.05, 0.1) is 19.3 Å². The van der Waals surface area contributed by atoms with E-state index in [-0.39, 0.29) is 5.91 Å². The predicted octanol–water partition coefficient (Wildman–Crippen LogP) is 4.08. The minimum Gasteiger partial charge on any atom is -0.493 e. The fourth-order valence-corrected chi connectivity index (χ4v) is 5.78. The average Bonchev–Trinajstić information content (AvgIpc) is 3.46. The van der Waals surface area contributed by atoms with Gasteiger partial charge in [-0.3, -0.25) is 14.7 Å². The lowest BCUT2D eigenvalue weighted by molar-refractivity contribution is -0.0439. The molecule has 200 valence electrons. The zero-order chi connectivity index (χ0) is 26.3. The Kier molecular flexibility index (Phi) is 6.61. The summed E-state index contributed by atoms with van der Waals surface area (Å²) in [5, 5.41) is 5.59. The van der Waals surface area contributed by atoms with Crippen molar-refractivity contribution in [2.24, 2.45) is 5.92 Å². The number of carbonyl (C=O) groups excluding carboxylic acids is 1. The highest BCUT2D eigenvalue weighted by Crippen LogP contribution is 2.47. The molecule has 8 heteroatoms. The normalized spacial score (nSPS) is 20.4. The minimum absolute atomic E-state index is 0.0634. The van der Waals surface area contributed by atoms with E-state index >= 15 is 0 Å². The Morgan fingerprint density at radius 1 is 1.18 bits per heavy atom. The Morgan fingerprint density at radius 2 is 2.00 bits per heavy atom. The van der Waals surface area contributed by atoms with Gasteiger partial charge in [0.15, 0.2) is 11.5 Å². The van der Waals surface area contributed by atoms with Gasteiger partial charge in [-0.25, -0.2) is 0 Å². The van der Waals surface area contributed by atoms with Crippen LogP contribution in [0.1, 0.15) is 42.7 Å². The van der Waals surface area contributed by atoms with Gasteiger partial charge in [0.2, 0.25) is 11.5 Å². The highest BCUT2D eigenvalue weighted by atomic mass is 16.7. The van der Waals surface area contributed by atoms with Crippen molar-refractivity contribution in [3.8, 4) is 17.2 Å². The van der Waals surface area contributed by atoms with E-state index in [4.69, 9.17) is 19.2 Å². The summed E-state index contributed by atoms with van der Waals surface area (Å²) in [4.78, 5) is 23.4. The SMILES string of the molecule is COc1cc(C(=O)N(Cc2cc3ccccc3cn2)C[C@@H]2CCCN2CC2CNC2)cc2c1OC(C)(C)O2. The maximum Gasteiger partial charge on any atom is 0.254 e. The van der Waals surface area contributed by atoms with Crippen LogP contribution in [0, 0.1) is 5.92 Å². The molecule has 0 unspecified atom stereocenters. The molecule has 38 heavy (non-hydrogen) atoms. The molecule has 2 saturated heterocycles. The zero-order valence-corrected chi connectivity index (χ0v) is 22.4. The monoisotopic (exact) mass is 516 g/mol. The van der Waals surface area contributed by atoms with Crippen LogP contribution in [0.5, 0.6) is 17.2 Å². The van der Waals surface area contributed by atoms with Crippen molar-refractivity contribution in [3.63, 3.8) is 0 Å². The number of methoxy groups -OCH3 is 1. The molecular formula is C30H36N4O4. The Bertz CT molecular complexity index is 1340. The number of carbonyl (C=O) groups is 1. The van der Waals surface area contributed by atoms with Gasteiger partial charge in [-0.2, -0.15) is 0 Å². The number of benzene rings is 2. The lowest BCUT2D eigenvalue weighted by Crippen LogP contribution is -2.51. The van der Waals surface area contributed by atoms with Crippen molar-refractivity contribution >= 4 is 16.7 Å². The number of likely N-dealkylation sites (tertiary alicyclic amines) is 1. The summed E-state index contributed by atoms with van der Waals surface area (Å²) in [5.74, 6) is 1.39. The summed E-state index contributed by atoms with van der Waals surface area (Å²) in [6.45, 7) is 9.11. The molecule has 3 aliphatic rings. The molecule has 4 heterocycles. The van der Waals surface area contributed by atoms with Gasteiger partial charge in [0.25, 0.3) is 5.91 Å². The first-order valence-corrected chi connectivity index (χ1v) is 13.6. The molecule has 2 fully saturated rings. The van der Waals surface area contributed by atoms with E-state index in [1.807, 2.05) is 37.1 Å². The van der Waals surface area contributed by atoms with Gasteiger partial charge < -0.3 is 24.4 Å². The van der Waals surface area contributed by atoms with E-state index in [2.05, 4.69) is 28.4 Å². The maximum atomic E-state index is 14.1. The number of rotatable bonds is 8. The second kappa shape index (κ2) is 10.1. The molecule has 2 aromatic carbocycles. The molecule has 0 saturated carbocycles. The van der Waals surface area contributed by atoms with Crippen LogP contribution in [0.15, 0.2) is 48.7 Å². The van der Waals surface area contributed by atoms with Gasteiger partial charge in [0, 0.05) is 63.2 Å². The van der Waals surface area contributed by atoms with Crippen molar-refractivity contribution in [2.75, 3.05) is 39.8 Å². The van der Waals surface area contributed by atoms with E-state index in [0.717, 1.165) is 55.5 Å². The molecule has 1 amide bonds. The van der Waals surface area contributed by atoms with E-state index < -0.39 is 5.79 Å². The summed E-state index contributed by atoms with van der Waals surface area (Å²) < 4.78 is 17.5. The first-order chi connectivity index (χ1) is 18.4. The molecule has 0 spiro atoms. The van der Waals surface area contributed by atoms with Crippen LogP contribution >= 0.6 is 0 Å². The second-order valence-electron chi connectivity index (χ2n) is 11.1. The van der Waals surface area contributed by atoms with Gasteiger partial charge in [0.1, 0.15) is 0 Å². The van der Waals surface area contributed by atoms with E-state index in [1.54, 1.807) is 19.2 Å². The van der Waals surface area contributed by atoms with Crippen molar-refractivity contribution < 1.29 is 19.0 Å². The van der Waals surface area contributed by atoms with Crippen LogP contribution in [0.3, 0.4) is 0 Å². The third kappa shape index (κ3) is 5.02.